The first-order valence-corrected chi connectivity index (χ1v) is 7.68. The summed E-state index contributed by atoms with van der Waals surface area (Å²) in [7, 11) is 0. The van der Waals surface area contributed by atoms with Crippen molar-refractivity contribution in [1.29, 1.82) is 0 Å². The van der Waals surface area contributed by atoms with Gasteiger partial charge in [-0.3, -0.25) is 4.79 Å². The number of aldehydes is 1. The average Bonchev–Trinajstić information content (AvgIpc) is 2.57. The van der Waals surface area contributed by atoms with Crippen LogP contribution in [0, 0.1) is 0 Å². The number of ether oxygens (including phenoxy) is 2. The molecule has 0 aromatic carbocycles. The summed E-state index contributed by atoms with van der Waals surface area (Å²) >= 11 is 0. The summed E-state index contributed by atoms with van der Waals surface area (Å²) in [5, 5.41) is 60.6. The molecular weight excluding hydrogens is 342 g/mol. The van der Waals surface area contributed by atoms with Crippen molar-refractivity contribution in [3.63, 3.8) is 0 Å². The summed E-state index contributed by atoms with van der Waals surface area (Å²) in [5.41, 5.74) is 0. The third-order valence-electron chi connectivity index (χ3n) is 3.87. The fourth-order valence-electron chi connectivity index (χ4n) is 2.32. The van der Waals surface area contributed by atoms with Crippen LogP contribution < -0.4 is 5.32 Å². The molecule has 0 spiro atoms. The Balaban J connectivity index is 2.58. The molecule has 9 atom stereocenters. The summed E-state index contributed by atoms with van der Waals surface area (Å²) in [6.07, 6.45) is -11.8. The first-order valence-electron chi connectivity index (χ1n) is 7.68. The number of amides is 1. The zero-order valence-electron chi connectivity index (χ0n) is 13.8. The Morgan fingerprint density at radius 2 is 1.76 bits per heavy atom. The van der Waals surface area contributed by atoms with Crippen LogP contribution in [0.1, 0.15) is 13.8 Å². The second-order valence-corrected chi connectivity index (χ2v) is 5.93. The maximum absolute atomic E-state index is 10.9. The molecule has 1 saturated heterocycles. The van der Waals surface area contributed by atoms with Crippen molar-refractivity contribution in [1.82, 2.24) is 5.32 Å². The molecule has 0 aliphatic carbocycles. The smallest absolute Gasteiger partial charge is 0.217 e. The second kappa shape index (κ2) is 9.50. The van der Waals surface area contributed by atoms with Gasteiger partial charge in [0.1, 0.15) is 49.0 Å². The number of rotatable bonds is 8. The van der Waals surface area contributed by atoms with Crippen LogP contribution in [-0.2, 0) is 19.1 Å². The highest BCUT2D eigenvalue weighted by atomic mass is 16.7. The number of aliphatic hydroxyl groups is 6. The minimum absolute atomic E-state index is 0.205. The molecular formula is C14H25NO10. The number of aliphatic hydroxyl groups excluding tert-OH is 6. The lowest BCUT2D eigenvalue weighted by atomic mass is 10.00. The molecule has 1 heterocycles. The number of hydrogen-bond acceptors (Lipinski definition) is 10. The van der Waals surface area contributed by atoms with Crippen LogP contribution >= 0.6 is 0 Å². The third-order valence-corrected chi connectivity index (χ3v) is 3.87. The monoisotopic (exact) mass is 367 g/mol. The van der Waals surface area contributed by atoms with E-state index in [2.05, 4.69) is 5.32 Å². The van der Waals surface area contributed by atoms with E-state index in [4.69, 9.17) is 9.47 Å². The van der Waals surface area contributed by atoms with Gasteiger partial charge in [-0.15, -0.1) is 0 Å². The quantitative estimate of drug-likeness (QED) is 0.207. The Morgan fingerprint density at radius 1 is 1.16 bits per heavy atom. The molecule has 1 aliphatic heterocycles. The van der Waals surface area contributed by atoms with Crippen LogP contribution in [0.2, 0.25) is 0 Å². The first kappa shape index (κ1) is 21.9. The summed E-state index contributed by atoms with van der Waals surface area (Å²) in [6.45, 7) is 1.92. The molecule has 7 N–H and O–H groups in total. The Hall–Kier alpha value is -1.18. The van der Waals surface area contributed by atoms with Gasteiger partial charge in [0, 0.05) is 6.92 Å². The van der Waals surface area contributed by atoms with E-state index < -0.39 is 67.6 Å². The van der Waals surface area contributed by atoms with Crippen molar-refractivity contribution in [2.45, 2.75) is 68.9 Å². The number of carbonyl (C=O) groups is 2. The van der Waals surface area contributed by atoms with Crippen LogP contribution in [0.25, 0.3) is 0 Å². The summed E-state index contributed by atoms with van der Waals surface area (Å²) in [4.78, 5) is 21.8. The van der Waals surface area contributed by atoms with E-state index in [0.717, 1.165) is 6.92 Å². The summed E-state index contributed by atoms with van der Waals surface area (Å²) < 4.78 is 10.2. The van der Waals surface area contributed by atoms with Gasteiger partial charge in [0.2, 0.25) is 5.91 Å². The molecule has 0 radical (unpaired) electrons. The van der Waals surface area contributed by atoms with E-state index >= 15 is 0 Å². The van der Waals surface area contributed by atoms with Crippen molar-refractivity contribution < 1.29 is 49.7 Å². The summed E-state index contributed by atoms with van der Waals surface area (Å²) in [5.74, 6) is -0.616. The average molecular weight is 367 g/mol. The molecule has 1 aliphatic rings. The number of hydrogen-bond donors (Lipinski definition) is 7. The molecule has 1 amide bonds. The highest BCUT2D eigenvalue weighted by Gasteiger charge is 2.43. The Bertz CT molecular complexity index is 449. The van der Waals surface area contributed by atoms with E-state index in [-0.39, 0.29) is 6.29 Å². The SMILES string of the molecule is CC(=O)N[C@@H](C=O)[C@@H](O)[C@H](O)[C@H](O)CO[C@@H]1O[C@@H](C)[C@@H](O)[C@@H](O)[C@@H]1O. The van der Waals surface area contributed by atoms with Crippen LogP contribution in [0.15, 0.2) is 0 Å². The maximum Gasteiger partial charge on any atom is 0.217 e. The van der Waals surface area contributed by atoms with Crippen LogP contribution in [0.5, 0.6) is 0 Å². The molecule has 1 fully saturated rings. The molecule has 146 valence electrons. The van der Waals surface area contributed by atoms with E-state index in [9.17, 15) is 40.2 Å². The fourth-order valence-corrected chi connectivity index (χ4v) is 2.32. The third kappa shape index (κ3) is 5.66. The van der Waals surface area contributed by atoms with Crippen molar-refractivity contribution in [3.8, 4) is 0 Å². The van der Waals surface area contributed by atoms with Gasteiger partial charge in [-0.25, -0.2) is 0 Å². The zero-order valence-corrected chi connectivity index (χ0v) is 13.8. The van der Waals surface area contributed by atoms with Gasteiger partial charge in [0.25, 0.3) is 0 Å². The minimum atomic E-state index is -1.85. The van der Waals surface area contributed by atoms with E-state index in [0.29, 0.717) is 0 Å². The Labute approximate surface area is 143 Å². The second-order valence-electron chi connectivity index (χ2n) is 5.93. The van der Waals surface area contributed by atoms with Crippen molar-refractivity contribution in [2.24, 2.45) is 0 Å². The standard InChI is InChI=1S/C14H25NO10/c1-5-9(19)12(22)13(23)14(25-5)24-4-8(18)11(21)10(20)7(3-16)15-6(2)17/h3,5,7-14,18-23H,4H2,1-2H3,(H,15,17)/t5-,7-,8+,9+,10+,11+,12+,13-,14+/m0/s1. The molecule has 0 saturated carbocycles. The van der Waals surface area contributed by atoms with Gasteiger partial charge in [0.15, 0.2) is 6.29 Å². The molecule has 0 bridgehead atoms. The largest absolute Gasteiger partial charge is 0.388 e. The molecule has 11 heteroatoms. The topological polar surface area (TPSA) is 186 Å². The molecule has 25 heavy (non-hydrogen) atoms. The lowest BCUT2D eigenvalue weighted by Gasteiger charge is -2.39. The maximum atomic E-state index is 10.9. The number of carbonyl (C=O) groups excluding carboxylic acids is 2. The van der Waals surface area contributed by atoms with Gasteiger partial charge in [-0.1, -0.05) is 0 Å². The predicted molar refractivity (Wildman–Crippen MR) is 80.0 cm³/mol. The molecule has 0 unspecified atom stereocenters. The van der Waals surface area contributed by atoms with Crippen LogP contribution in [0.4, 0.5) is 0 Å². The number of nitrogens with one attached hydrogen (secondary N) is 1. The van der Waals surface area contributed by atoms with Gasteiger partial charge >= 0.3 is 0 Å². The zero-order chi connectivity index (χ0) is 19.3. The predicted octanol–water partition coefficient (Wildman–Crippen LogP) is -4.38. The van der Waals surface area contributed by atoms with Gasteiger partial charge in [0.05, 0.1) is 12.7 Å². The fraction of sp³-hybridized carbons (Fsp3) is 0.857. The van der Waals surface area contributed by atoms with Crippen molar-refractivity contribution >= 4 is 12.2 Å². The van der Waals surface area contributed by atoms with E-state index in [1.165, 1.54) is 6.92 Å². The molecule has 0 aromatic heterocycles. The summed E-state index contributed by atoms with van der Waals surface area (Å²) in [6, 6.07) is -1.43. The highest BCUT2D eigenvalue weighted by Crippen LogP contribution is 2.22. The van der Waals surface area contributed by atoms with Crippen molar-refractivity contribution in [2.75, 3.05) is 6.61 Å². The van der Waals surface area contributed by atoms with Gasteiger partial charge < -0.3 is 50.2 Å². The van der Waals surface area contributed by atoms with E-state index in [1.807, 2.05) is 0 Å². The van der Waals surface area contributed by atoms with E-state index in [1.54, 1.807) is 0 Å². The normalized spacial score (nSPS) is 34.6. The first-order chi connectivity index (χ1) is 11.6. The van der Waals surface area contributed by atoms with Crippen LogP contribution in [0.3, 0.4) is 0 Å². The van der Waals surface area contributed by atoms with Crippen molar-refractivity contribution in [3.05, 3.63) is 0 Å². The Morgan fingerprint density at radius 3 is 2.28 bits per heavy atom. The highest BCUT2D eigenvalue weighted by molar-refractivity contribution is 5.77. The van der Waals surface area contributed by atoms with Gasteiger partial charge in [-0.05, 0) is 6.92 Å². The molecule has 0 aromatic rings. The van der Waals surface area contributed by atoms with Gasteiger partial charge in [-0.2, -0.15) is 0 Å². The van der Waals surface area contributed by atoms with Crippen LogP contribution in [-0.4, -0.2) is 104 Å². The Kier molecular flexibility index (Phi) is 8.31. The molecule has 11 nitrogen and oxygen atoms in total. The molecule has 1 rings (SSSR count). The lowest BCUT2D eigenvalue weighted by molar-refractivity contribution is -0.299. The minimum Gasteiger partial charge on any atom is -0.388 e. The lowest BCUT2D eigenvalue weighted by Crippen LogP contribution is -2.58.